The molecule has 1 amide bonds. The molecule has 0 saturated heterocycles. The molecule has 0 fully saturated rings. The van der Waals surface area contributed by atoms with Crippen LogP contribution in [0, 0.1) is 0 Å². The Morgan fingerprint density at radius 1 is 1.45 bits per heavy atom. The van der Waals surface area contributed by atoms with Gasteiger partial charge in [-0.1, -0.05) is 6.42 Å². The molecule has 0 saturated carbocycles. The summed E-state index contributed by atoms with van der Waals surface area (Å²) >= 11 is 1.68. The quantitative estimate of drug-likeness (QED) is 0.538. The Bertz CT molecular complexity index is 413. The molecular weight excluding hydrogens is 272 g/mol. The molecule has 1 unspecified atom stereocenters. The number of primary amides is 1. The van der Waals surface area contributed by atoms with E-state index in [0.717, 1.165) is 30.0 Å². The highest BCUT2D eigenvalue weighted by molar-refractivity contribution is 7.99. The fraction of sp³-hybridized carbons (Fsp3) is 0.643. The van der Waals surface area contributed by atoms with E-state index in [1.807, 2.05) is 20.8 Å². The molecule has 0 aliphatic heterocycles. The van der Waals surface area contributed by atoms with E-state index < -0.39 is 5.54 Å². The summed E-state index contributed by atoms with van der Waals surface area (Å²) in [6, 6.07) is 0.237. The summed E-state index contributed by atoms with van der Waals surface area (Å²) in [7, 11) is 0. The summed E-state index contributed by atoms with van der Waals surface area (Å²) in [5, 5.41) is 4.20. The Morgan fingerprint density at radius 3 is 2.75 bits per heavy atom. The highest BCUT2D eigenvalue weighted by atomic mass is 32.2. The van der Waals surface area contributed by atoms with Crippen LogP contribution in [0.5, 0.6) is 0 Å². The monoisotopic (exact) mass is 296 g/mol. The number of carbonyl (C=O) groups excluding carboxylic acids is 1. The number of carbonyl (C=O) groups is 1. The number of hydrogen-bond donors (Lipinski definition) is 2. The van der Waals surface area contributed by atoms with E-state index in [2.05, 4.69) is 15.3 Å². The first kappa shape index (κ1) is 16.9. The minimum absolute atomic E-state index is 0.237. The minimum atomic E-state index is -0.620. The summed E-state index contributed by atoms with van der Waals surface area (Å²) in [4.78, 5) is 19.8. The van der Waals surface area contributed by atoms with E-state index in [1.54, 1.807) is 30.4 Å². The number of unbranched alkanes of at least 4 members (excludes halogenated alkanes) is 1. The number of nitrogens with two attached hydrogens (primary N) is 1. The van der Waals surface area contributed by atoms with Crippen molar-refractivity contribution in [2.75, 3.05) is 5.75 Å². The van der Waals surface area contributed by atoms with Gasteiger partial charge >= 0.3 is 0 Å². The lowest BCUT2D eigenvalue weighted by Gasteiger charge is -2.29. The van der Waals surface area contributed by atoms with Crippen molar-refractivity contribution in [2.24, 2.45) is 5.73 Å². The Labute approximate surface area is 125 Å². The van der Waals surface area contributed by atoms with Crippen molar-refractivity contribution in [1.29, 1.82) is 0 Å². The van der Waals surface area contributed by atoms with Crippen LogP contribution >= 0.6 is 11.8 Å². The third-order valence-corrected chi connectivity index (χ3v) is 4.01. The van der Waals surface area contributed by atoms with Gasteiger partial charge in [-0.05, 0) is 39.4 Å². The summed E-state index contributed by atoms with van der Waals surface area (Å²) < 4.78 is 0. The largest absolute Gasteiger partial charge is 0.368 e. The molecule has 3 N–H and O–H groups in total. The van der Waals surface area contributed by atoms with Crippen LogP contribution in [0.1, 0.15) is 40.0 Å². The van der Waals surface area contributed by atoms with E-state index >= 15 is 0 Å². The standard InChI is InChI=1S/C14H24N4OS/c1-11(2)18-14(3,13(15)19)6-4-5-9-20-12-10-16-7-8-17-12/h7-8,10-11,18H,4-6,9H2,1-3H3,(H2,15,19). The zero-order valence-electron chi connectivity index (χ0n) is 12.4. The van der Waals surface area contributed by atoms with Gasteiger partial charge in [0, 0.05) is 18.4 Å². The molecule has 0 spiro atoms. The second-order valence-electron chi connectivity index (χ2n) is 5.34. The van der Waals surface area contributed by atoms with Crippen LogP contribution in [0.15, 0.2) is 23.6 Å². The van der Waals surface area contributed by atoms with Gasteiger partial charge < -0.3 is 11.1 Å². The maximum absolute atomic E-state index is 11.6. The van der Waals surface area contributed by atoms with Gasteiger partial charge in [-0.25, -0.2) is 4.98 Å². The maximum atomic E-state index is 11.6. The van der Waals surface area contributed by atoms with E-state index in [0.29, 0.717) is 0 Å². The molecular formula is C14H24N4OS. The Kier molecular flexibility index (Phi) is 6.95. The van der Waals surface area contributed by atoms with E-state index in [9.17, 15) is 4.79 Å². The summed E-state index contributed by atoms with van der Waals surface area (Å²) in [5.41, 5.74) is 4.88. The topological polar surface area (TPSA) is 80.9 Å². The Morgan fingerprint density at radius 2 is 2.20 bits per heavy atom. The van der Waals surface area contributed by atoms with Gasteiger partial charge in [0.05, 0.1) is 11.7 Å². The highest BCUT2D eigenvalue weighted by Crippen LogP contribution is 2.19. The predicted molar refractivity (Wildman–Crippen MR) is 82.5 cm³/mol. The summed E-state index contributed by atoms with van der Waals surface area (Å²) in [6.07, 6.45) is 7.84. The fourth-order valence-electron chi connectivity index (χ4n) is 2.02. The molecule has 1 atom stereocenters. The number of nitrogens with zero attached hydrogens (tertiary/aromatic N) is 2. The lowest BCUT2D eigenvalue weighted by molar-refractivity contribution is -0.124. The third-order valence-electron chi connectivity index (χ3n) is 3.01. The summed E-state index contributed by atoms with van der Waals surface area (Å²) in [5.74, 6) is 0.683. The van der Waals surface area contributed by atoms with Gasteiger partial charge in [0.2, 0.25) is 5.91 Å². The number of thioether (sulfide) groups is 1. The van der Waals surface area contributed by atoms with Crippen LogP contribution in [0.3, 0.4) is 0 Å². The Balaban J connectivity index is 2.29. The number of nitrogens with one attached hydrogen (secondary N) is 1. The number of aromatic nitrogens is 2. The smallest absolute Gasteiger partial charge is 0.237 e. The molecule has 0 radical (unpaired) electrons. The average Bonchev–Trinajstić information content (AvgIpc) is 2.38. The lowest BCUT2D eigenvalue weighted by Crippen LogP contribution is -2.55. The fourth-order valence-corrected chi connectivity index (χ4v) is 2.85. The number of amides is 1. The van der Waals surface area contributed by atoms with Crippen molar-refractivity contribution in [1.82, 2.24) is 15.3 Å². The molecule has 1 aromatic rings. The molecule has 5 nitrogen and oxygen atoms in total. The van der Waals surface area contributed by atoms with Gasteiger partial charge in [0.1, 0.15) is 5.03 Å². The minimum Gasteiger partial charge on any atom is -0.368 e. The van der Waals surface area contributed by atoms with E-state index in [-0.39, 0.29) is 11.9 Å². The van der Waals surface area contributed by atoms with Crippen molar-refractivity contribution in [2.45, 2.75) is 56.6 Å². The first-order valence-corrected chi connectivity index (χ1v) is 7.89. The normalized spacial score (nSPS) is 14.2. The molecule has 0 aliphatic carbocycles. The first-order chi connectivity index (χ1) is 9.44. The molecule has 6 heteroatoms. The zero-order chi connectivity index (χ0) is 15.0. The van der Waals surface area contributed by atoms with Gasteiger partial charge in [0.25, 0.3) is 0 Å². The molecule has 0 aromatic carbocycles. The van der Waals surface area contributed by atoms with Gasteiger partial charge in [0.15, 0.2) is 0 Å². The lowest BCUT2D eigenvalue weighted by atomic mass is 9.93. The molecule has 20 heavy (non-hydrogen) atoms. The van der Waals surface area contributed by atoms with Crippen molar-refractivity contribution in [3.8, 4) is 0 Å². The highest BCUT2D eigenvalue weighted by Gasteiger charge is 2.30. The van der Waals surface area contributed by atoms with Crippen molar-refractivity contribution in [3.63, 3.8) is 0 Å². The van der Waals surface area contributed by atoms with E-state index in [1.165, 1.54) is 0 Å². The van der Waals surface area contributed by atoms with Gasteiger partial charge in [-0.15, -0.1) is 11.8 Å². The second kappa shape index (κ2) is 8.21. The van der Waals surface area contributed by atoms with Crippen LogP contribution in [-0.4, -0.2) is 33.2 Å². The van der Waals surface area contributed by atoms with E-state index in [4.69, 9.17) is 5.73 Å². The summed E-state index contributed by atoms with van der Waals surface area (Å²) in [6.45, 7) is 5.92. The first-order valence-electron chi connectivity index (χ1n) is 6.90. The van der Waals surface area contributed by atoms with Crippen LogP contribution in [-0.2, 0) is 4.79 Å². The van der Waals surface area contributed by atoms with Crippen LogP contribution < -0.4 is 11.1 Å². The maximum Gasteiger partial charge on any atom is 0.237 e. The molecule has 1 rings (SSSR count). The van der Waals surface area contributed by atoms with Crippen LogP contribution in [0.4, 0.5) is 0 Å². The SMILES string of the molecule is CC(C)NC(C)(CCCCSc1cnccn1)C(N)=O. The van der Waals surface area contributed by atoms with Crippen molar-refractivity contribution >= 4 is 17.7 Å². The molecule has 0 aliphatic rings. The van der Waals surface area contributed by atoms with Crippen molar-refractivity contribution < 1.29 is 4.79 Å². The van der Waals surface area contributed by atoms with Crippen molar-refractivity contribution in [3.05, 3.63) is 18.6 Å². The van der Waals surface area contributed by atoms with Gasteiger partial charge in [-0.3, -0.25) is 9.78 Å². The van der Waals surface area contributed by atoms with Crippen LogP contribution in [0.25, 0.3) is 0 Å². The average molecular weight is 296 g/mol. The zero-order valence-corrected chi connectivity index (χ0v) is 13.2. The molecule has 1 aromatic heterocycles. The molecule has 0 bridgehead atoms. The van der Waals surface area contributed by atoms with Crippen LogP contribution in [0.2, 0.25) is 0 Å². The molecule has 112 valence electrons. The number of rotatable bonds is 9. The van der Waals surface area contributed by atoms with Gasteiger partial charge in [-0.2, -0.15) is 0 Å². The predicted octanol–water partition coefficient (Wildman–Crippen LogP) is 1.98. The number of hydrogen-bond acceptors (Lipinski definition) is 5. The second-order valence-corrected chi connectivity index (χ2v) is 6.46. The third kappa shape index (κ3) is 5.88. The Hall–Kier alpha value is -1.14. The molecule has 1 heterocycles.